The quantitative estimate of drug-likeness (QED) is 0.865. The third kappa shape index (κ3) is 4.71. The third-order valence-corrected chi connectivity index (χ3v) is 3.28. The van der Waals surface area contributed by atoms with Crippen molar-refractivity contribution in [1.82, 2.24) is 10.6 Å². The normalized spacial score (nSPS) is 17.5. The average molecular weight is 337 g/mol. The van der Waals surface area contributed by atoms with Crippen LogP contribution in [0.4, 0.5) is 8.78 Å². The second-order valence-corrected chi connectivity index (χ2v) is 4.73. The fourth-order valence-electron chi connectivity index (χ4n) is 2.30. The molecule has 22 heavy (non-hydrogen) atoms. The molecule has 124 valence electrons. The van der Waals surface area contributed by atoms with E-state index in [0.717, 1.165) is 19.4 Å². The van der Waals surface area contributed by atoms with Gasteiger partial charge in [0, 0.05) is 12.6 Å². The number of benzene rings is 1. The molecule has 1 aromatic carbocycles. The minimum atomic E-state index is -3.02. The molecule has 2 rings (SSSR count). The van der Waals surface area contributed by atoms with E-state index in [1.165, 1.54) is 19.2 Å². The van der Waals surface area contributed by atoms with Crippen LogP contribution in [0.15, 0.2) is 18.2 Å². The van der Waals surface area contributed by atoms with Crippen LogP contribution in [0.3, 0.4) is 0 Å². The molecule has 1 fully saturated rings. The van der Waals surface area contributed by atoms with Gasteiger partial charge in [0.15, 0.2) is 11.5 Å². The van der Waals surface area contributed by atoms with Gasteiger partial charge in [0.25, 0.3) is 5.91 Å². The van der Waals surface area contributed by atoms with Gasteiger partial charge in [-0.05, 0) is 31.5 Å². The van der Waals surface area contributed by atoms with Crippen molar-refractivity contribution in [2.45, 2.75) is 25.5 Å². The van der Waals surface area contributed by atoms with Crippen molar-refractivity contribution in [3.8, 4) is 11.5 Å². The summed E-state index contributed by atoms with van der Waals surface area (Å²) >= 11 is 0. The summed E-state index contributed by atoms with van der Waals surface area (Å²) in [7, 11) is 1.33. The number of para-hydroxylation sites is 1. The summed E-state index contributed by atoms with van der Waals surface area (Å²) in [5, 5.41) is 5.99. The first-order chi connectivity index (χ1) is 10.1. The highest BCUT2D eigenvalue weighted by Crippen LogP contribution is 2.32. The lowest BCUT2D eigenvalue weighted by Gasteiger charge is -2.24. The molecule has 1 unspecified atom stereocenters. The van der Waals surface area contributed by atoms with Gasteiger partial charge in [-0.2, -0.15) is 8.78 Å². The Bertz CT molecular complexity index is 497. The molecule has 1 aromatic rings. The number of rotatable bonds is 5. The van der Waals surface area contributed by atoms with Gasteiger partial charge in [-0.3, -0.25) is 4.79 Å². The molecule has 8 heteroatoms. The number of halogens is 3. The highest BCUT2D eigenvalue weighted by molar-refractivity contribution is 5.98. The molecule has 0 radical (unpaired) electrons. The molecule has 0 aromatic heterocycles. The van der Waals surface area contributed by atoms with Gasteiger partial charge in [-0.15, -0.1) is 12.4 Å². The summed E-state index contributed by atoms with van der Waals surface area (Å²) in [6.07, 6.45) is 1.82. The number of amides is 1. The fraction of sp³-hybridized carbons (Fsp3) is 0.500. The van der Waals surface area contributed by atoms with Gasteiger partial charge in [0.05, 0.1) is 12.7 Å². The molecule has 0 saturated carbocycles. The molecule has 1 aliphatic heterocycles. The molecule has 1 saturated heterocycles. The number of hydrogen-bond donors (Lipinski definition) is 2. The highest BCUT2D eigenvalue weighted by atomic mass is 35.5. The summed E-state index contributed by atoms with van der Waals surface area (Å²) in [6, 6.07) is 4.45. The molecule has 2 N–H and O–H groups in total. The van der Waals surface area contributed by atoms with E-state index in [1.807, 2.05) is 0 Å². The number of nitrogens with one attached hydrogen (secondary N) is 2. The van der Waals surface area contributed by atoms with Gasteiger partial charge >= 0.3 is 6.61 Å². The second kappa shape index (κ2) is 8.75. The Morgan fingerprint density at radius 1 is 1.45 bits per heavy atom. The summed E-state index contributed by atoms with van der Waals surface area (Å²) in [4.78, 5) is 12.3. The number of hydrogen-bond acceptors (Lipinski definition) is 4. The van der Waals surface area contributed by atoms with Crippen molar-refractivity contribution < 1.29 is 23.0 Å². The predicted octanol–water partition coefficient (Wildman–Crippen LogP) is 2.20. The SMILES string of the molecule is COc1cccc(C(=O)NC2CCCNC2)c1OC(F)F.Cl. The van der Waals surface area contributed by atoms with Crippen LogP contribution in [-0.4, -0.2) is 38.8 Å². The van der Waals surface area contributed by atoms with E-state index >= 15 is 0 Å². The maximum absolute atomic E-state index is 12.5. The fourth-order valence-corrected chi connectivity index (χ4v) is 2.30. The maximum Gasteiger partial charge on any atom is 0.387 e. The van der Waals surface area contributed by atoms with E-state index in [1.54, 1.807) is 6.07 Å². The van der Waals surface area contributed by atoms with Crippen molar-refractivity contribution in [2.75, 3.05) is 20.2 Å². The van der Waals surface area contributed by atoms with Gasteiger partial charge < -0.3 is 20.1 Å². The van der Waals surface area contributed by atoms with Crippen LogP contribution in [0.5, 0.6) is 11.5 Å². The molecule has 5 nitrogen and oxygen atoms in total. The number of methoxy groups -OCH3 is 1. The van der Waals surface area contributed by atoms with Crippen LogP contribution in [0.1, 0.15) is 23.2 Å². The van der Waals surface area contributed by atoms with Gasteiger partial charge in [-0.1, -0.05) is 6.07 Å². The Kier molecular flexibility index (Phi) is 7.34. The first kappa shape index (κ1) is 18.4. The minimum absolute atomic E-state index is 0. The van der Waals surface area contributed by atoms with Crippen LogP contribution < -0.4 is 20.1 Å². The van der Waals surface area contributed by atoms with E-state index in [2.05, 4.69) is 15.4 Å². The topological polar surface area (TPSA) is 59.6 Å². The summed E-state index contributed by atoms with van der Waals surface area (Å²) in [6.45, 7) is -1.43. The van der Waals surface area contributed by atoms with E-state index in [0.29, 0.717) is 6.54 Å². The average Bonchev–Trinajstić information content (AvgIpc) is 2.47. The Labute approximate surface area is 133 Å². The molecular weight excluding hydrogens is 318 g/mol. The summed E-state index contributed by atoms with van der Waals surface area (Å²) in [5.41, 5.74) is 0.0419. The summed E-state index contributed by atoms with van der Waals surface area (Å²) < 4.78 is 34.5. The number of ether oxygens (including phenoxy) is 2. The van der Waals surface area contributed by atoms with E-state index < -0.39 is 12.5 Å². The van der Waals surface area contributed by atoms with E-state index in [4.69, 9.17) is 4.74 Å². The number of carbonyl (C=O) groups excluding carboxylic acids is 1. The monoisotopic (exact) mass is 336 g/mol. The zero-order valence-electron chi connectivity index (χ0n) is 12.1. The Balaban J connectivity index is 0.00000242. The molecule has 1 atom stereocenters. The lowest BCUT2D eigenvalue weighted by Crippen LogP contribution is -2.45. The molecule has 1 aliphatic rings. The van der Waals surface area contributed by atoms with Crippen LogP contribution in [0, 0.1) is 0 Å². The van der Waals surface area contributed by atoms with Crippen molar-refractivity contribution in [2.24, 2.45) is 0 Å². The maximum atomic E-state index is 12.5. The number of piperidine rings is 1. The molecule has 1 amide bonds. The Morgan fingerprint density at radius 2 is 2.23 bits per heavy atom. The molecule has 0 bridgehead atoms. The zero-order valence-corrected chi connectivity index (χ0v) is 12.9. The Morgan fingerprint density at radius 3 is 2.82 bits per heavy atom. The standard InChI is InChI=1S/C14H18F2N2O3.ClH/c1-20-11-6-2-5-10(12(11)21-14(15)16)13(19)18-9-4-3-7-17-8-9;/h2,5-6,9,14,17H,3-4,7-8H2,1H3,(H,18,19);1H. The van der Waals surface area contributed by atoms with Gasteiger partial charge in [0.2, 0.25) is 0 Å². The van der Waals surface area contributed by atoms with Crippen molar-refractivity contribution in [3.05, 3.63) is 23.8 Å². The van der Waals surface area contributed by atoms with Crippen LogP contribution in [0.2, 0.25) is 0 Å². The van der Waals surface area contributed by atoms with Gasteiger partial charge in [0.1, 0.15) is 0 Å². The Hall–Kier alpha value is -1.60. The van der Waals surface area contributed by atoms with Crippen molar-refractivity contribution in [3.63, 3.8) is 0 Å². The van der Waals surface area contributed by atoms with E-state index in [9.17, 15) is 13.6 Å². The lowest BCUT2D eigenvalue weighted by atomic mass is 10.1. The highest BCUT2D eigenvalue weighted by Gasteiger charge is 2.22. The summed E-state index contributed by atoms with van der Waals surface area (Å²) in [5.74, 6) is -0.584. The van der Waals surface area contributed by atoms with Crippen molar-refractivity contribution >= 4 is 18.3 Å². The first-order valence-corrected chi connectivity index (χ1v) is 6.75. The second-order valence-electron chi connectivity index (χ2n) is 4.73. The van der Waals surface area contributed by atoms with E-state index in [-0.39, 0.29) is 35.5 Å². The molecular formula is C14H19ClF2N2O3. The lowest BCUT2D eigenvalue weighted by molar-refractivity contribution is -0.0515. The number of carbonyl (C=O) groups is 1. The molecule has 0 aliphatic carbocycles. The minimum Gasteiger partial charge on any atom is -0.493 e. The molecule has 1 heterocycles. The van der Waals surface area contributed by atoms with Gasteiger partial charge in [-0.25, -0.2) is 0 Å². The van der Waals surface area contributed by atoms with Crippen molar-refractivity contribution in [1.29, 1.82) is 0 Å². The third-order valence-electron chi connectivity index (χ3n) is 3.28. The van der Waals surface area contributed by atoms with Crippen LogP contribution in [-0.2, 0) is 0 Å². The van der Waals surface area contributed by atoms with Crippen LogP contribution in [0.25, 0.3) is 0 Å². The molecule has 0 spiro atoms. The zero-order chi connectivity index (χ0) is 15.2. The largest absolute Gasteiger partial charge is 0.493 e. The predicted molar refractivity (Wildman–Crippen MR) is 80.2 cm³/mol. The smallest absolute Gasteiger partial charge is 0.387 e. The van der Waals surface area contributed by atoms with Crippen LogP contribution >= 0.6 is 12.4 Å². The number of alkyl halides is 2. The first-order valence-electron chi connectivity index (χ1n) is 6.75.